The van der Waals surface area contributed by atoms with Crippen LogP contribution in [0, 0.1) is 5.92 Å². The maximum Gasteiger partial charge on any atom is 0.256 e. The zero-order valence-corrected chi connectivity index (χ0v) is 33.9. The third-order valence-corrected chi connectivity index (χ3v) is 7.55. The predicted molar refractivity (Wildman–Crippen MR) is 202 cm³/mol. The molecule has 56 heavy (non-hydrogen) atoms. The van der Waals surface area contributed by atoms with Crippen molar-refractivity contribution in [1.29, 1.82) is 0 Å². The van der Waals surface area contributed by atoms with Crippen LogP contribution in [0.25, 0.3) is 0 Å². The lowest BCUT2D eigenvalue weighted by Crippen LogP contribution is -2.36. The zero-order chi connectivity index (χ0) is 40.7. The molecule has 0 aliphatic carbocycles. The number of Topliss-reactive ketones (excluding diaryl/α,β-unsaturated/α-hetero) is 1. The van der Waals surface area contributed by atoms with Crippen molar-refractivity contribution in [3.05, 3.63) is 11.6 Å². The molecule has 0 fully saturated rings. The highest BCUT2D eigenvalue weighted by Crippen LogP contribution is 2.11. The van der Waals surface area contributed by atoms with E-state index in [-0.39, 0.29) is 42.4 Å². The number of ketones is 1. The van der Waals surface area contributed by atoms with Gasteiger partial charge in [0.15, 0.2) is 0 Å². The molecule has 0 unspecified atom stereocenters. The summed E-state index contributed by atoms with van der Waals surface area (Å²) in [6, 6.07) is 0. The van der Waals surface area contributed by atoms with Crippen LogP contribution in [0.15, 0.2) is 11.6 Å². The van der Waals surface area contributed by atoms with E-state index in [0.29, 0.717) is 177 Å². The molecule has 1 heterocycles. The summed E-state index contributed by atoms with van der Waals surface area (Å²) >= 11 is 0. The molecule has 0 saturated carbocycles. The number of rotatable bonds is 43. The van der Waals surface area contributed by atoms with Crippen LogP contribution in [0.5, 0.6) is 0 Å². The van der Waals surface area contributed by atoms with E-state index in [9.17, 15) is 19.2 Å². The summed E-state index contributed by atoms with van der Waals surface area (Å²) in [7, 11) is 0. The Kier molecular flexibility index (Phi) is 35.1. The number of hydrogen-bond acceptors (Lipinski definition) is 16. The molecular formula is C38H68N2O16. The van der Waals surface area contributed by atoms with Gasteiger partial charge in [-0.2, -0.15) is 0 Å². The molecule has 1 rings (SSSR count). The lowest BCUT2D eigenvalue weighted by Gasteiger charge is -2.14. The number of carbonyl (C=O) groups is 4. The second kappa shape index (κ2) is 38.1. The Morgan fingerprint density at radius 3 is 1.09 bits per heavy atom. The van der Waals surface area contributed by atoms with Gasteiger partial charge in [-0.1, -0.05) is 13.8 Å². The summed E-state index contributed by atoms with van der Waals surface area (Å²) in [4.78, 5) is 47.9. The minimum Gasteiger partial charge on any atom is -0.379 e. The van der Waals surface area contributed by atoms with Crippen LogP contribution >= 0.6 is 0 Å². The normalized spacial score (nSPS) is 13.0. The molecule has 0 radical (unpaired) electrons. The van der Waals surface area contributed by atoms with Gasteiger partial charge in [-0.05, 0) is 6.92 Å². The highest BCUT2D eigenvalue weighted by Gasteiger charge is 2.28. The highest BCUT2D eigenvalue weighted by molar-refractivity contribution is 6.16. The Hall–Kier alpha value is -2.46. The van der Waals surface area contributed by atoms with Crippen LogP contribution < -0.4 is 5.32 Å². The molecule has 0 bridgehead atoms. The monoisotopic (exact) mass is 808 g/mol. The van der Waals surface area contributed by atoms with Gasteiger partial charge in [-0.25, -0.2) is 0 Å². The van der Waals surface area contributed by atoms with Gasteiger partial charge in [0.2, 0.25) is 5.91 Å². The van der Waals surface area contributed by atoms with Crippen molar-refractivity contribution in [2.45, 2.75) is 33.6 Å². The van der Waals surface area contributed by atoms with Crippen molar-refractivity contribution in [2.24, 2.45) is 5.92 Å². The predicted octanol–water partition coefficient (Wildman–Crippen LogP) is 0.622. The SMILES string of the molecule is CC1=CC(=O)N(CCC(=O)NCCOCCOCCOCCOCCOCCOCCOCCOCCOCCOCCOCCOCCC(=O)C(C)C)C1=O. The first kappa shape index (κ1) is 51.6. The minimum atomic E-state index is -0.383. The molecule has 1 aliphatic rings. The summed E-state index contributed by atoms with van der Waals surface area (Å²) < 4.78 is 65.4. The summed E-state index contributed by atoms with van der Waals surface area (Å²) in [6.07, 6.45) is 1.77. The van der Waals surface area contributed by atoms with Crippen molar-refractivity contribution >= 4 is 23.5 Å². The first-order valence-corrected chi connectivity index (χ1v) is 19.6. The van der Waals surface area contributed by atoms with E-state index in [2.05, 4.69) is 5.32 Å². The molecule has 1 aliphatic heterocycles. The number of amides is 3. The molecule has 3 amide bonds. The Morgan fingerprint density at radius 1 is 0.500 bits per heavy atom. The summed E-state index contributed by atoms with van der Waals surface area (Å²) in [5.41, 5.74) is 0.382. The van der Waals surface area contributed by atoms with Crippen LogP contribution in [0.2, 0.25) is 0 Å². The Balaban J connectivity index is 1.65. The van der Waals surface area contributed by atoms with Crippen molar-refractivity contribution in [1.82, 2.24) is 10.2 Å². The topological polar surface area (TPSA) is 194 Å². The molecule has 0 aromatic heterocycles. The Morgan fingerprint density at radius 2 is 0.804 bits per heavy atom. The molecule has 18 nitrogen and oxygen atoms in total. The number of nitrogens with zero attached hydrogens (tertiary/aromatic N) is 1. The van der Waals surface area contributed by atoms with Crippen LogP contribution in [0.3, 0.4) is 0 Å². The van der Waals surface area contributed by atoms with Gasteiger partial charge in [0, 0.05) is 43.5 Å². The highest BCUT2D eigenvalue weighted by atomic mass is 16.6. The van der Waals surface area contributed by atoms with Gasteiger partial charge >= 0.3 is 0 Å². The largest absolute Gasteiger partial charge is 0.379 e. The van der Waals surface area contributed by atoms with E-state index in [1.165, 1.54) is 6.08 Å². The quantitative estimate of drug-likeness (QED) is 0.0665. The van der Waals surface area contributed by atoms with Crippen molar-refractivity contribution < 1.29 is 76.0 Å². The third kappa shape index (κ3) is 31.6. The molecule has 1 N–H and O–H groups in total. The first-order chi connectivity index (χ1) is 27.3. The summed E-state index contributed by atoms with van der Waals surface area (Å²) in [6.45, 7) is 16.7. The Bertz CT molecular complexity index is 1030. The van der Waals surface area contributed by atoms with Crippen molar-refractivity contribution in [3.63, 3.8) is 0 Å². The number of carbonyl (C=O) groups excluding carboxylic acids is 4. The maximum absolute atomic E-state index is 11.9. The average molecular weight is 809 g/mol. The van der Waals surface area contributed by atoms with E-state index in [1.807, 2.05) is 13.8 Å². The average Bonchev–Trinajstić information content (AvgIpc) is 3.43. The Labute approximate surface area is 332 Å². The number of imide groups is 1. The molecule has 18 heteroatoms. The fraction of sp³-hybridized carbons (Fsp3) is 0.842. The van der Waals surface area contributed by atoms with E-state index >= 15 is 0 Å². The molecule has 326 valence electrons. The van der Waals surface area contributed by atoms with Gasteiger partial charge in [-0.15, -0.1) is 0 Å². The molecule has 0 atom stereocenters. The zero-order valence-electron chi connectivity index (χ0n) is 33.9. The van der Waals surface area contributed by atoms with Gasteiger partial charge in [0.05, 0.1) is 159 Å². The number of hydrogen-bond donors (Lipinski definition) is 1. The van der Waals surface area contributed by atoms with Gasteiger partial charge in [0.25, 0.3) is 11.8 Å². The van der Waals surface area contributed by atoms with Gasteiger partial charge in [0.1, 0.15) is 5.78 Å². The van der Waals surface area contributed by atoms with Crippen LogP contribution in [0.1, 0.15) is 33.6 Å². The van der Waals surface area contributed by atoms with Crippen LogP contribution in [-0.2, 0) is 76.0 Å². The van der Waals surface area contributed by atoms with E-state index in [1.54, 1.807) is 6.92 Å². The van der Waals surface area contributed by atoms with E-state index < -0.39 is 0 Å². The molecule has 0 spiro atoms. The van der Waals surface area contributed by atoms with Crippen LogP contribution in [0.4, 0.5) is 0 Å². The van der Waals surface area contributed by atoms with Gasteiger partial charge < -0.3 is 62.2 Å². The second-order valence-electron chi connectivity index (χ2n) is 12.4. The van der Waals surface area contributed by atoms with Gasteiger partial charge in [-0.3, -0.25) is 24.1 Å². The van der Waals surface area contributed by atoms with Crippen molar-refractivity contribution in [2.75, 3.05) is 172 Å². The lowest BCUT2D eigenvalue weighted by molar-refractivity contribution is -0.137. The standard InChI is InChI=1S/C38H68N2O16/c1-33(2)35(41)5-8-45-10-12-47-14-16-49-18-20-51-22-24-53-26-28-55-30-31-56-29-27-54-25-23-52-21-19-50-17-15-48-13-11-46-9-6-39-36(42)4-7-40-37(43)32-34(3)38(40)44/h32-33H,4-31H2,1-3H3,(H,39,42). The lowest BCUT2D eigenvalue weighted by atomic mass is 10.1. The minimum absolute atomic E-state index is 0.0488. The summed E-state index contributed by atoms with van der Waals surface area (Å²) in [5, 5.41) is 2.69. The fourth-order valence-electron chi connectivity index (χ4n) is 4.40. The summed E-state index contributed by atoms with van der Waals surface area (Å²) in [5.74, 6) is -0.728. The number of nitrogens with one attached hydrogen (secondary N) is 1. The smallest absolute Gasteiger partial charge is 0.256 e. The number of ether oxygens (including phenoxy) is 12. The third-order valence-electron chi connectivity index (χ3n) is 7.55. The fourth-order valence-corrected chi connectivity index (χ4v) is 4.40. The molecular weight excluding hydrogens is 740 g/mol. The van der Waals surface area contributed by atoms with E-state index in [4.69, 9.17) is 56.8 Å². The maximum atomic E-state index is 11.9. The van der Waals surface area contributed by atoms with Crippen LogP contribution in [-0.4, -0.2) is 200 Å². The van der Waals surface area contributed by atoms with E-state index in [0.717, 1.165) is 4.90 Å². The van der Waals surface area contributed by atoms with Crippen molar-refractivity contribution in [3.8, 4) is 0 Å². The molecule has 0 saturated heterocycles. The molecule has 0 aromatic carbocycles. The second-order valence-corrected chi connectivity index (χ2v) is 12.4. The first-order valence-electron chi connectivity index (χ1n) is 19.6. The molecule has 0 aromatic rings.